The van der Waals surface area contributed by atoms with Gasteiger partial charge < -0.3 is 4.74 Å². The largest absolute Gasteiger partial charge is 0.375 e. The number of ether oxygens (including phenoxy) is 1. The van der Waals surface area contributed by atoms with Crippen molar-refractivity contribution in [1.29, 1.82) is 0 Å². The summed E-state index contributed by atoms with van der Waals surface area (Å²) < 4.78 is 5.61. The fourth-order valence-corrected chi connectivity index (χ4v) is 2.25. The van der Waals surface area contributed by atoms with Crippen molar-refractivity contribution in [3.05, 3.63) is 35.9 Å². The van der Waals surface area contributed by atoms with Gasteiger partial charge in [0.05, 0.1) is 12.7 Å². The van der Waals surface area contributed by atoms with E-state index >= 15 is 0 Å². The maximum Gasteiger partial charge on any atom is 0.0799 e. The molecule has 2 nitrogen and oxygen atoms in total. The summed E-state index contributed by atoms with van der Waals surface area (Å²) in [5.41, 5.74) is 1.38. The van der Waals surface area contributed by atoms with E-state index < -0.39 is 0 Å². The lowest BCUT2D eigenvalue weighted by Crippen LogP contribution is -2.42. The Hall–Kier alpha value is -0.380. The van der Waals surface area contributed by atoms with Crippen LogP contribution >= 0.6 is 15.9 Å². The number of benzene rings is 1. The van der Waals surface area contributed by atoms with Gasteiger partial charge in [0.15, 0.2) is 0 Å². The van der Waals surface area contributed by atoms with Crippen molar-refractivity contribution in [3.8, 4) is 0 Å². The minimum Gasteiger partial charge on any atom is -0.375 e. The van der Waals surface area contributed by atoms with Gasteiger partial charge in [-0.2, -0.15) is 0 Å². The van der Waals surface area contributed by atoms with Crippen LogP contribution in [0.25, 0.3) is 0 Å². The predicted octanol–water partition coefficient (Wildman–Crippen LogP) is 2.28. The second-order valence-electron chi connectivity index (χ2n) is 3.87. The molecule has 1 aromatic carbocycles. The summed E-state index contributed by atoms with van der Waals surface area (Å²) in [6, 6.07) is 10.6. The molecule has 0 saturated carbocycles. The molecule has 1 saturated heterocycles. The molecule has 0 aromatic heterocycles. The van der Waals surface area contributed by atoms with Crippen LogP contribution in [0, 0.1) is 0 Å². The van der Waals surface area contributed by atoms with Gasteiger partial charge in [-0.3, -0.25) is 4.90 Å². The third kappa shape index (κ3) is 3.30. The molecule has 1 aromatic rings. The van der Waals surface area contributed by atoms with Crippen LogP contribution in [0.4, 0.5) is 0 Å². The van der Waals surface area contributed by atoms with Gasteiger partial charge in [-0.1, -0.05) is 46.3 Å². The number of morpholine rings is 1. The van der Waals surface area contributed by atoms with Gasteiger partial charge in [-0.25, -0.2) is 0 Å². The van der Waals surface area contributed by atoms with Crippen LogP contribution in [-0.4, -0.2) is 36.0 Å². The monoisotopic (exact) mass is 269 g/mol. The Labute approximate surface area is 99.4 Å². The molecule has 1 unspecified atom stereocenters. The summed E-state index contributed by atoms with van der Waals surface area (Å²) in [4.78, 5) is 2.45. The zero-order chi connectivity index (χ0) is 10.5. The van der Waals surface area contributed by atoms with E-state index in [-0.39, 0.29) is 0 Å². The summed E-state index contributed by atoms with van der Waals surface area (Å²) >= 11 is 3.47. The average molecular weight is 270 g/mol. The molecule has 1 heterocycles. The van der Waals surface area contributed by atoms with Crippen molar-refractivity contribution >= 4 is 15.9 Å². The third-order valence-electron chi connectivity index (χ3n) is 2.64. The Balaban J connectivity index is 1.89. The maximum absolute atomic E-state index is 5.61. The van der Waals surface area contributed by atoms with E-state index in [4.69, 9.17) is 4.74 Å². The maximum atomic E-state index is 5.61. The zero-order valence-electron chi connectivity index (χ0n) is 8.73. The van der Waals surface area contributed by atoms with Gasteiger partial charge >= 0.3 is 0 Å². The molecular weight excluding hydrogens is 254 g/mol. The Morgan fingerprint density at radius 1 is 1.33 bits per heavy atom. The highest BCUT2D eigenvalue weighted by Crippen LogP contribution is 2.11. The van der Waals surface area contributed by atoms with Gasteiger partial charge in [0.2, 0.25) is 0 Å². The minimum atomic E-state index is 0.350. The molecule has 1 atom stereocenters. The lowest BCUT2D eigenvalue weighted by atomic mass is 10.2. The molecule has 0 aliphatic carbocycles. The number of alkyl halides is 1. The van der Waals surface area contributed by atoms with E-state index in [9.17, 15) is 0 Å². The fourth-order valence-electron chi connectivity index (χ4n) is 1.86. The standard InChI is InChI=1S/C12H16BrNO/c13-8-12-10-14(6-7-15-12)9-11-4-2-1-3-5-11/h1-5,12H,6-10H2. The quantitative estimate of drug-likeness (QED) is 0.781. The smallest absolute Gasteiger partial charge is 0.0799 e. The Morgan fingerprint density at radius 3 is 2.87 bits per heavy atom. The van der Waals surface area contributed by atoms with E-state index in [1.54, 1.807) is 0 Å². The van der Waals surface area contributed by atoms with Crippen LogP contribution in [0.5, 0.6) is 0 Å². The van der Waals surface area contributed by atoms with Gasteiger partial charge in [0.1, 0.15) is 0 Å². The molecule has 1 fully saturated rings. The molecule has 0 N–H and O–H groups in total. The second-order valence-corrected chi connectivity index (χ2v) is 4.52. The summed E-state index contributed by atoms with van der Waals surface area (Å²) in [6.45, 7) is 3.95. The van der Waals surface area contributed by atoms with Crippen LogP contribution < -0.4 is 0 Å². The normalized spacial score (nSPS) is 22.9. The molecule has 82 valence electrons. The van der Waals surface area contributed by atoms with Crippen LogP contribution in [0.2, 0.25) is 0 Å². The first-order valence-corrected chi connectivity index (χ1v) is 6.44. The van der Waals surface area contributed by atoms with Crippen molar-refractivity contribution < 1.29 is 4.74 Å². The molecule has 0 bridgehead atoms. The molecule has 0 spiro atoms. The summed E-state index contributed by atoms with van der Waals surface area (Å²) in [7, 11) is 0. The van der Waals surface area contributed by atoms with Crippen molar-refractivity contribution in [2.24, 2.45) is 0 Å². The highest BCUT2D eigenvalue weighted by molar-refractivity contribution is 9.09. The minimum absolute atomic E-state index is 0.350. The van der Waals surface area contributed by atoms with E-state index in [0.29, 0.717) is 6.10 Å². The number of nitrogens with zero attached hydrogens (tertiary/aromatic N) is 1. The lowest BCUT2D eigenvalue weighted by Gasteiger charge is -2.32. The first-order chi connectivity index (χ1) is 7.38. The van der Waals surface area contributed by atoms with Crippen molar-refractivity contribution in [2.45, 2.75) is 12.6 Å². The molecule has 0 radical (unpaired) electrons. The van der Waals surface area contributed by atoms with Gasteiger partial charge in [-0.05, 0) is 5.56 Å². The number of rotatable bonds is 3. The van der Waals surface area contributed by atoms with Gasteiger partial charge in [-0.15, -0.1) is 0 Å². The van der Waals surface area contributed by atoms with E-state index in [0.717, 1.165) is 31.6 Å². The summed E-state index contributed by atoms with van der Waals surface area (Å²) in [5, 5.41) is 0.929. The fraction of sp³-hybridized carbons (Fsp3) is 0.500. The van der Waals surface area contributed by atoms with Crippen LogP contribution in [0.1, 0.15) is 5.56 Å². The number of hydrogen-bond acceptors (Lipinski definition) is 2. The topological polar surface area (TPSA) is 12.5 Å². The Bertz CT molecular complexity index is 291. The number of halogens is 1. The van der Waals surface area contributed by atoms with Crippen molar-refractivity contribution in [1.82, 2.24) is 4.90 Å². The second kappa shape index (κ2) is 5.64. The van der Waals surface area contributed by atoms with Crippen molar-refractivity contribution in [2.75, 3.05) is 25.0 Å². The molecule has 15 heavy (non-hydrogen) atoms. The zero-order valence-corrected chi connectivity index (χ0v) is 10.3. The highest BCUT2D eigenvalue weighted by Gasteiger charge is 2.18. The lowest BCUT2D eigenvalue weighted by molar-refractivity contribution is -0.0181. The average Bonchev–Trinajstić information content (AvgIpc) is 2.31. The summed E-state index contributed by atoms with van der Waals surface area (Å²) in [5.74, 6) is 0. The van der Waals surface area contributed by atoms with E-state index in [2.05, 4.69) is 51.2 Å². The molecule has 1 aliphatic rings. The molecule has 0 amide bonds. The Kier molecular flexibility index (Phi) is 4.18. The Morgan fingerprint density at radius 2 is 2.13 bits per heavy atom. The third-order valence-corrected chi connectivity index (χ3v) is 3.37. The van der Waals surface area contributed by atoms with E-state index in [1.807, 2.05) is 0 Å². The molecular formula is C12H16BrNO. The molecule has 3 heteroatoms. The van der Waals surface area contributed by atoms with E-state index in [1.165, 1.54) is 5.56 Å². The molecule has 2 rings (SSSR count). The first kappa shape index (κ1) is 11.1. The molecule has 1 aliphatic heterocycles. The van der Waals surface area contributed by atoms with Crippen LogP contribution in [0.15, 0.2) is 30.3 Å². The van der Waals surface area contributed by atoms with Crippen molar-refractivity contribution in [3.63, 3.8) is 0 Å². The number of hydrogen-bond donors (Lipinski definition) is 0. The highest BCUT2D eigenvalue weighted by atomic mass is 79.9. The summed E-state index contributed by atoms with van der Waals surface area (Å²) in [6.07, 6.45) is 0.350. The predicted molar refractivity (Wildman–Crippen MR) is 65.3 cm³/mol. The first-order valence-electron chi connectivity index (χ1n) is 5.32. The van der Waals surface area contributed by atoms with Gasteiger partial charge in [0.25, 0.3) is 0 Å². The SMILES string of the molecule is BrCC1CN(Cc2ccccc2)CCO1. The van der Waals surface area contributed by atoms with Gasteiger partial charge in [0, 0.05) is 25.0 Å². The van der Waals surface area contributed by atoms with Crippen LogP contribution in [-0.2, 0) is 11.3 Å². The van der Waals surface area contributed by atoms with Crippen LogP contribution in [0.3, 0.4) is 0 Å².